The number of ether oxygens (including phenoxy) is 1. The molecule has 0 aliphatic heterocycles. The Morgan fingerprint density at radius 3 is 2.86 bits per heavy atom. The number of para-hydroxylation sites is 1. The Labute approximate surface area is 125 Å². The summed E-state index contributed by atoms with van der Waals surface area (Å²) in [5.41, 5.74) is 3.99. The largest absolute Gasteiger partial charge is 0.435 e. The Kier molecular flexibility index (Phi) is 3.55. The molecule has 0 fully saturated rings. The van der Waals surface area contributed by atoms with Crippen LogP contribution in [0.1, 0.15) is 5.69 Å². The minimum absolute atomic E-state index is 0.218. The molecular formula is C14H12ClN5O. The molecular weight excluding hydrogens is 290 g/mol. The van der Waals surface area contributed by atoms with Crippen molar-refractivity contribution in [3.05, 3.63) is 47.2 Å². The molecule has 0 aliphatic rings. The Bertz CT molecular complexity index is 808. The highest BCUT2D eigenvalue weighted by atomic mass is 35.5. The zero-order valence-electron chi connectivity index (χ0n) is 11.2. The van der Waals surface area contributed by atoms with E-state index in [4.69, 9.17) is 22.2 Å². The van der Waals surface area contributed by atoms with Gasteiger partial charge in [-0.15, -0.1) is 0 Å². The van der Waals surface area contributed by atoms with Gasteiger partial charge >= 0.3 is 0 Å². The van der Waals surface area contributed by atoms with Crippen LogP contribution in [0.25, 0.3) is 10.9 Å². The van der Waals surface area contributed by atoms with E-state index in [-0.39, 0.29) is 11.8 Å². The average Bonchev–Trinajstić information content (AvgIpc) is 2.50. The van der Waals surface area contributed by atoms with Gasteiger partial charge in [0.05, 0.1) is 6.20 Å². The van der Waals surface area contributed by atoms with E-state index in [1.807, 2.05) is 37.3 Å². The topological polar surface area (TPSA) is 86.0 Å². The zero-order chi connectivity index (χ0) is 14.8. The minimum Gasteiger partial charge on any atom is -0.435 e. The van der Waals surface area contributed by atoms with Gasteiger partial charge in [0.25, 0.3) is 0 Å². The normalized spacial score (nSPS) is 10.6. The number of hydrogen-bond acceptors (Lipinski definition) is 6. The molecule has 0 aliphatic carbocycles. The maximum Gasteiger partial charge on any atom is 0.243 e. The van der Waals surface area contributed by atoms with Crippen LogP contribution in [0, 0.1) is 6.92 Å². The van der Waals surface area contributed by atoms with Gasteiger partial charge in [-0.2, -0.15) is 4.98 Å². The van der Waals surface area contributed by atoms with Crippen molar-refractivity contribution in [2.75, 3.05) is 5.43 Å². The molecule has 1 aromatic carbocycles. The van der Waals surface area contributed by atoms with Gasteiger partial charge in [0.1, 0.15) is 10.5 Å². The summed E-state index contributed by atoms with van der Waals surface area (Å²) in [6, 6.07) is 9.58. The number of anilines is 1. The van der Waals surface area contributed by atoms with Crippen LogP contribution in [0.5, 0.6) is 11.6 Å². The van der Waals surface area contributed by atoms with Gasteiger partial charge in [0.15, 0.2) is 5.75 Å². The lowest BCUT2D eigenvalue weighted by atomic mass is 10.2. The number of nitrogens with one attached hydrogen (secondary N) is 1. The Balaban J connectivity index is 2.08. The molecule has 106 valence electrons. The number of hydrogen-bond donors (Lipinski definition) is 2. The average molecular weight is 302 g/mol. The molecule has 0 atom stereocenters. The van der Waals surface area contributed by atoms with Crippen molar-refractivity contribution >= 4 is 28.5 Å². The van der Waals surface area contributed by atoms with Crippen molar-refractivity contribution in [3.63, 3.8) is 0 Å². The van der Waals surface area contributed by atoms with Gasteiger partial charge in [-0.05, 0) is 19.1 Å². The van der Waals surface area contributed by atoms with E-state index in [9.17, 15) is 0 Å². The highest BCUT2D eigenvalue weighted by Crippen LogP contribution is 2.31. The first-order valence-corrected chi connectivity index (χ1v) is 6.58. The first kappa shape index (κ1) is 13.5. The van der Waals surface area contributed by atoms with Crippen LogP contribution in [0.2, 0.25) is 5.02 Å². The molecule has 21 heavy (non-hydrogen) atoms. The molecule has 3 N–H and O–H groups in total. The number of nitrogens with zero attached hydrogens (tertiary/aromatic N) is 3. The monoisotopic (exact) mass is 301 g/mol. The summed E-state index contributed by atoms with van der Waals surface area (Å²) in [5, 5.41) is 1.26. The van der Waals surface area contributed by atoms with Crippen molar-refractivity contribution in [3.8, 4) is 11.6 Å². The predicted molar refractivity (Wildman–Crippen MR) is 81.4 cm³/mol. The molecule has 2 heterocycles. The van der Waals surface area contributed by atoms with Crippen LogP contribution < -0.4 is 16.0 Å². The van der Waals surface area contributed by atoms with Gasteiger partial charge in [-0.3, -0.25) is 5.43 Å². The number of aryl methyl sites for hydroxylation is 1. The maximum absolute atomic E-state index is 6.05. The predicted octanol–water partition coefficient (Wildman–Crippen LogP) is 3.06. The van der Waals surface area contributed by atoms with Crippen LogP contribution in [0.4, 0.5) is 5.95 Å². The van der Waals surface area contributed by atoms with Gasteiger partial charge in [-0.25, -0.2) is 15.8 Å². The standard InChI is InChI=1S/C14H12ClN5O/c1-8-5-6-9-3-2-4-11(12(9)18-8)21-13-10(15)7-17-14(19-13)20-16/h2-7H,16H2,1H3,(H,17,19,20). The molecule has 0 bridgehead atoms. The fraction of sp³-hybridized carbons (Fsp3) is 0.0714. The second-order valence-electron chi connectivity index (χ2n) is 4.37. The van der Waals surface area contributed by atoms with Crippen molar-refractivity contribution < 1.29 is 4.74 Å². The molecule has 3 aromatic rings. The fourth-order valence-corrected chi connectivity index (χ4v) is 2.03. The second-order valence-corrected chi connectivity index (χ2v) is 4.78. The van der Waals surface area contributed by atoms with E-state index >= 15 is 0 Å². The smallest absolute Gasteiger partial charge is 0.243 e. The van der Waals surface area contributed by atoms with Crippen molar-refractivity contribution in [2.45, 2.75) is 6.92 Å². The Hall–Kier alpha value is -2.44. The highest BCUT2D eigenvalue weighted by Gasteiger charge is 2.10. The number of benzene rings is 1. The van der Waals surface area contributed by atoms with Crippen LogP contribution >= 0.6 is 11.6 Å². The molecule has 0 spiro atoms. The number of nitrogen functional groups attached to an aromatic ring is 1. The quantitative estimate of drug-likeness (QED) is 0.571. The maximum atomic E-state index is 6.05. The molecule has 0 saturated carbocycles. The van der Waals surface area contributed by atoms with E-state index in [1.165, 1.54) is 6.20 Å². The summed E-state index contributed by atoms with van der Waals surface area (Å²) in [5.74, 6) is 6.29. The molecule has 0 radical (unpaired) electrons. The molecule has 2 aromatic heterocycles. The van der Waals surface area contributed by atoms with Crippen LogP contribution in [-0.4, -0.2) is 15.0 Å². The molecule has 0 unspecified atom stereocenters. The van der Waals surface area contributed by atoms with Crippen LogP contribution in [0.3, 0.4) is 0 Å². The third-order valence-electron chi connectivity index (χ3n) is 2.87. The number of hydrazine groups is 1. The van der Waals surface area contributed by atoms with Crippen molar-refractivity contribution in [2.24, 2.45) is 5.84 Å². The lowest BCUT2D eigenvalue weighted by Gasteiger charge is -2.10. The summed E-state index contributed by atoms with van der Waals surface area (Å²) in [4.78, 5) is 12.5. The number of fused-ring (bicyclic) bond motifs is 1. The number of nitrogens with two attached hydrogens (primary N) is 1. The Morgan fingerprint density at radius 2 is 2.05 bits per heavy atom. The second kappa shape index (κ2) is 5.51. The number of rotatable bonds is 3. The van der Waals surface area contributed by atoms with E-state index in [0.717, 1.165) is 16.6 Å². The first-order valence-electron chi connectivity index (χ1n) is 6.21. The van der Waals surface area contributed by atoms with E-state index in [2.05, 4.69) is 20.4 Å². The van der Waals surface area contributed by atoms with E-state index < -0.39 is 0 Å². The van der Waals surface area contributed by atoms with Gasteiger partial charge in [0.2, 0.25) is 11.8 Å². The lowest BCUT2D eigenvalue weighted by Crippen LogP contribution is -2.10. The van der Waals surface area contributed by atoms with Gasteiger partial charge < -0.3 is 4.74 Å². The van der Waals surface area contributed by atoms with E-state index in [1.54, 1.807) is 0 Å². The minimum atomic E-state index is 0.218. The highest BCUT2D eigenvalue weighted by molar-refractivity contribution is 6.31. The van der Waals surface area contributed by atoms with Crippen LogP contribution in [0.15, 0.2) is 36.5 Å². The summed E-state index contributed by atoms with van der Waals surface area (Å²) in [6.45, 7) is 1.92. The zero-order valence-corrected chi connectivity index (χ0v) is 11.9. The SMILES string of the molecule is Cc1ccc2cccc(Oc3nc(NN)ncc3Cl)c2n1. The van der Waals surface area contributed by atoms with Crippen molar-refractivity contribution in [1.82, 2.24) is 15.0 Å². The fourth-order valence-electron chi connectivity index (χ4n) is 1.90. The third kappa shape index (κ3) is 2.72. The number of halogens is 1. The molecule has 0 saturated heterocycles. The summed E-state index contributed by atoms with van der Waals surface area (Å²) >= 11 is 6.05. The Morgan fingerprint density at radius 1 is 1.19 bits per heavy atom. The summed E-state index contributed by atoms with van der Waals surface area (Å²) in [6.07, 6.45) is 1.42. The van der Waals surface area contributed by atoms with Gasteiger partial charge in [0, 0.05) is 11.1 Å². The molecule has 0 amide bonds. The van der Waals surface area contributed by atoms with Gasteiger partial charge in [-0.1, -0.05) is 29.8 Å². The first-order chi connectivity index (χ1) is 10.2. The van der Waals surface area contributed by atoms with E-state index in [0.29, 0.717) is 10.8 Å². The van der Waals surface area contributed by atoms with Crippen molar-refractivity contribution in [1.29, 1.82) is 0 Å². The summed E-state index contributed by atoms with van der Waals surface area (Å²) in [7, 11) is 0. The molecule has 6 nitrogen and oxygen atoms in total. The molecule has 3 rings (SSSR count). The molecule has 7 heteroatoms. The number of aromatic nitrogens is 3. The van der Waals surface area contributed by atoms with Crippen LogP contribution in [-0.2, 0) is 0 Å². The third-order valence-corrected chi connectivity index (χ3v) is 3.13. The number of pyridine rings is 1. The summed E-state index contributed by atoms with van der Waals surface area (Å²) < 4.78 is 5.78. The lowest BCUT2D eigenvalue weighted by molar-refractivity contribution is 0.466.